The maximum Gasteiger partial charge on any atom is 0.410 e. The zero-order valence-electron chi connectivity index (χ0n) is 14.9. The van der Waals surface area contributed by atoms with Gasteiger partial charge in [-0.3, -0.25) is 0 Å². The molecule has 2 saturated heterocycles. The van der Waals surface area contributed by atoms with E-state index in [1.807, 2.05) is 27.7 Å². The van der Waals surface area contributed by atoms with Gasteiger partial charge in [0.2, 0.25) is 0 Å². The summed E-state index contributed by atoms with van der Waals surface area (Å²) in [5.74, 6) is 0. The number of carbonyl (C=O) groups is 1. The highest BCUT2D eigenvalue weighted by Crippen LogP contribution is 2.25. The monoisotopic (exact) mass is 328 g/mol. The average molecular weight is 328 g/mol. The number of nitrogens with zero attached hydrogens (tertiary/aromatic N) is 1. The lowest BCUT2D eigenvalue weighted by Crippen LogP contribution is -2.48. The molecule has 2 aliphatic heterocycles. The van der Waals surface area contributed by atoms with Crippen molar-refractivity contribution >= 4 is 6.09 Å². The fraction of sp³-hybridized carbons (Fsp3) is 0.941. The number of carbonyl (C=O) groups excluding carboxylic acids is 1. The first-order chi connectivity index (χ1) is 10.7. The SMILES string of the molecule is CC1OCCC1(O)CNC1CCCN(C(=O)OC(C)(C)C)CC1. The summed E-state index contributed by atoms with van der Waals surface area (Å²) in [5, 5.41) is 14.0. The lowest BCUT2D eigenvalue weighted by atomic mass is 9.96. The molecule has 2 fully saturated rings. The smallest absolute Gasteiger partial charge is 0.410 e. The maximum absolute atomic E-state index is 12.2. The molecule has 3 atom stereocenters. The minimum absolute atomic E-state index is 0.126. The Labute approximate surface area is 139 Å². The third-order valence-electron chi connectivity index (χ3n) is 4.74. The van der Waals surface area contributed by atoms with Crippen LogP contribution in [0.5, 0.6) is 0 Å². The predicted molar refractivity (Wildman–Crippen MR) is 88.4 cm³/mol. The zero-order chi connectivity index (χ0) is 17.1. The summed E-state index contributed by atoms with van der Waals surface area (Å²) in [4.78, 5) is 14.0. The Balaban J connectivity index is 1.78. The number of ether oxygens (including phenoxy) is 2. The molecule has 1 amide bonds. The molecule has 0 aromatic rings. The minimum Gasteiger partial charge on any atom is -0.444 e. The molecule has 0 aliphatic carbocycles. The van der Waals surface area contributed by atoms with Crippen LogP contribution in [0.4, 0.5) is 4.79 Å². The van der Waals surface area contributed by atoms with Crippen LogP contribution in [0.25, 0.3) is 0 Å². The van der Waals surface area contributed by atoms with Crippen LogP contribution in [-0.4, -0.2) is 65.7 Å². The van der Waals surface area contributed by atoms with E-state index in [2.05, 4.69) is 5.32 Å². The van der Waals surface area contributed by atoms with E-state index in [0.717, 1.165) is 25.8 Å². The summed E-state index contributed by atoms with van der Waals surface area (Å²) in [6, 6.07) is 0.319. The Bertz CT molecular complexity index is 410. The quantitative estimate of drug-likeness (QED) is 0.828. The topological polar surface area (TPSA) is 71.0 Å². The van der Waals surface area contributed by atoms with Crippen molar-refractivity contribution in [2.24, 2.45) is 0 Å². The van der Waals surface area contributed by atoms with Crippen LogP contribution in [0.3, 0.4) is 0 Å². The van der Waals surface area contributed by atoms with E-state index >= 15 is 0 Å². The third kappa shape index (κ3) is 5.33. The van der Waals surface area contributed by atoms with E-state index in [-0.39, 0.29) is 12.2 Å². The highest BCUT2D eigenvalue weighted by molar-refractivity contribution is 5.68. The van der Waals surface area contributed by atoms with Crippen molar-refractivity contribution in [1.82, 2.24) is 10.2 Å². The third-order valence-corrected chi connectivity index (χ3v) is 4.74. The number of nitrogens with one attached hydrogen (secondary N) is 1. The van der Waals surface area contributed by atoms with Crippen LogP contribution in [0.2, 0.25) is 0 Å². The van der Waals surface area contributed by atoms with E-state index < -0.39 is 11.2 Å². The maximum atomic E-state index is 12.2. The number of rotatable bonds is 3. The van der Waals surface area contributed by atoms with E-state index in [1.54, 1.807) is 4.90 Å². The molecule has 2 heterocycles. The average Bonchev–Trinajstić information content (AvgIpc) is 2.65. The van der Waals surface area contributed by atoms with Gasteiger partial charge in [0.05, 0.1) is 6.10 Å². The number of hydrogen-bond donors (Lipinski definition) is 2. The largest absolute Gasteiger partial charge is 0.444 e. The van der Waals surface area contributed by atoms with Crippen LogP contribution in [-0.2, 0) is 9.47 Å². The second-order valence-corrected chi connectivity index (χ2v) is 7.84. The van der Waals surface area contributed by atoms with E-state index in [4.69, 9.17) is 9.47 Å². The Morgan fingerprint density at radius 1 is 1.39 bits per heavy atom. The predicted octanol–water partition coefficient (Wildman–Crippen LogP) is 1.91. The highest BCUT2D eigenvalue weighted by atomic mass is 16.6. The Morgan fingerprint density at radius 3 is 2.74 bits per heavy atom. The standard InChI is InChI=1S/C17H32N2O4/c1-13-17(21,8-11-22-13)12-18-14-6-5-9-19(10-7-14)15(20)23-16(2,3)4/h13-14,18,21H,5-12H2,1-4H3. The first-order valence-electron chi connectivity index (χ1n) is 8.75. The summed E-state index contributed by atoms with van der Waals surface area (Å²) in [6.07, 6.45) is 3.16. The van der Waals surface area contributed by atoms with Gasteiger partial charge in [-0.2, -0.15) is 0 Å². The second-order valence-electron chi connectivity index (χ2n) is 7.84. The molecule has 0 aromatic heterocycles. The van der Waals surface area contributed by atoms with Crippen molar-refractivity contribution in [2.45, 2.75) is 76.7 Å². The zero-order valence-corrected chi connectivity index (χ0v) is 14.9. The van der Waals surface area contributed by atoms with E-state index in [1.165, 1.54) is 0 Å². The fourth-order valence-corrected chi connectivity index (χ4v) is 3.13. The summed E-state index contributed by atoms with van der Waals surface area (Å²) >= 11 is 0. The molecule has 0 bridgehead atoms. The van der Waals surface area contributed by atoms with Gasteiger partial charge in [-0.05, 0) is 47.0 Å². The lowest BCUT2D eigenvalue weighted by molar-refractivity contribution is -0.0279. The number of aliphatic hydroxyl groups is 1. The van der Waals surface area contributed by atoms with Gasteiger partial charge < -0.3 is 24.8 Å². The Kier molecular flexibility index (Phi) is 5.92. The molecule has 134 valence electrons. The summed E-state index contributed by atoms with van der Waals surface area (Å²) in [7, 11) is 0. The van der Waals surface area contributed by atoms with Gasteiger partial charge in [-0.1, -0.05) is 0 Å². The normalized spacial score (nSPS) is 32.7. The first-order valence-corrected chi connectivity index (χ1v) is 8.75. The van der Waals surface area contributed by atoms with Crippen molar-refractivity contribution in [3.05, 3.63) is 0 Å². The van der Waals surface area contributed by atoms with Crippen LogP contribution in [0.1, 0.15) is 53.4 Å². The van der Waals surface area contributed by atoms with Crippen LogP contribution in [0, 0.1) is 0 Å². The fourth-order valence-electron chi connectivity index (χ4n) is 3.13. The second kappa shape index (κ2) is 7.36. The molecule has 0 radical (unpaired) electrons. The van der Waals surface area contributed by atoms with Gasteiger partial charge in [0, 0.05) is 38.7 Å². The van der Waals surface area contributed by atoms with Gasteiger partial charge in [-0.25, -0.2) is 4.79 Å². The molecular weight excluding hydrogens is 296 g/mol. The summed E-state index contributed by atoms with van der Waals surface area (Å²) in [6.45, 7) is 10.2. The molecule has 0 aromatic carbocycles. The van der Waals surface area contributed by atoms with Gasteiger partial charge in [0.15, 0.2) is 0 Å². The van der Waals surface area contributed by atoms with Crippen molar-refractivity contribution in [3.8, 4) is 0 Å². The molecule has 3 unspecified atom stereocenters. The van der Waals surface area contributed by atoms with Gasteiger partial charge in [0.1, 0.15) is 11.2 Å². The van der Waals surface area contributed by atoms with Gasteiger partial charge >= 0.3 is 6.09 Å². The molecule has 2 N–H and O–H groups in total. The molecule has 23 heavy (non-hydrogen) atoms. The molecule has 2 rings (SSSR count). The molecular formula is C17H32N2O4. The number of likely N-dealkylation sites (tertiary alicyclic amines) is 1. The van der Waals surface area contributed by atoms with Gasteiger partial charge in [0.25, 0.3) is 0 Å². The number of hydrogen-bond acceptors (Lipinski definition) is 5. The van der Waals surface area contributed by atoms with E-state index in [9.17, 15) is 9.90 Å². The van der Waals surface area contributed by atoms with Crippen molar-refractivity contribution < 1.29 is 19.4 Å². The van der Waals surface area contributed by atoms with Crippen molar-refractivity contribution in [2.75, 3.05) is 26.2 Å². The van der Waals surface area contributed by atoms with Crippen LogP contribution in [0.15, 0.2) is 0 Å². The first kappa shape index (κ1) is 18.5. The summed E-state index contributed by atoms with van der Waals surface area (Å²) in [5.41, 5.74) is -1.22. The molecule has 6 heteroatoms. The van der Waals surface area contributed by atoms with Crippen LogP contribution < -0.4 is 5.32 Å². The molecule has 0 spiro atoms. The molecule has 0 saturated carbocycles. The van der Waals surface area contributed by atoms with E-state index in [0.29, 0.717) is 32.2 Å². The van der Waals surface area contributed by atoms with Gasteiger partial charge in [-0.15, -0.1) is 0 Å². The Morgan fingerprint density at radius 2 is 2.13 bits per heavy atom. The van der Waals surface area contributed by atoms with Crippen molar-refractivity contribution in [1.29, 1.82) is 0 Å². The summed E-state index contributed by atoms with van der Waals surface area (Å²) < 4.78 is 10.9. The molecule has 6 nitrogen and oxygen atoms in total. The Hall–Kier alpha value is -0.850. The highest BCUT2D eigenvalue weighted by Gasteiger charge is 2.39. The lowest BCUT2D eigenvalue weighted by Gasteiger charge is -2.29. The molecule has 2 aliphatic rings. The minimum atomic E-state index is -0.767. The van der Waals surface area contributed by atoms with Crippen molar-refractivity contribution in [3.63, 3.8) is 0 Å². The number of amides is 1. The van der Waals surface area contributed by atoms with Crippen LogP contribution >= 0.6 is 0 Å².